The van der Waals surface area contributed by atoms with E-state index in [2.05, 4.69) is 24.0 Å². The van der Waals surface area contributed by atoms with Gasteiger partial charge in [0.05, 0.1) is 6.04 Å². The van der Waals surface area contributed by atoms with Crippen molar-refractivity contribution in [2.75, 3.05) is 6.54 Å². The van der Waals surface area contributed by atoms with Gasteiger partial charge in [-0.15, -0.1) is 0 Å². The number of nitrogens with two attached hydrogens (primary N) is 1. The molecule has 4 nitrogen and oxygen atoms in total. The maximum absolute atomic E-state index is 11.9. The first-order chi connectivity index (χ1) is 9.15. The average Bonchev–Trinajstić information content (AvgIpc) is 2.71. The Morgan fingerprint density at radius 1 is 1.42 bits per heavy atom. The van der Waals surface area contributed by atoms with Gasteiger partial charge < -0.3 is 10.6 Å². The van der Waals surface area contributed by atoms with E-state index in [0.717, 1.165) is 18.4 Å². The zero-order valence-corrected chi connectivity index (χ0v) is 11.0. The summed E-state index contributed by atoms with van der Waals surface area (Å²) in [6.45, 7) is 3.48. The number of aromatic nitrogens is 1. The number of nitrogens with zero attached hydrogens (tertiary/aromatic N) is 2. The van der Waals surface area contributed by atoms with Crippen molar-refractivity contribution in [1.82, 2.24) is 9.88 Å². The van der Waals surface area contributed by atoms with Gasteiger partial charge in [-0.2, -0.15) is 0 Å². The molecule has 1 aromatic heterocycles. The fourth-order valence-corrected chi connectivity index (χ4v) is 2.59. The number of carbonyl (C=O) groups is 1. The van der Waals surface area contributed by atoms with Gasteiger partial charge in [0.1, 0.15) is 0 Å². The average molecular weight is 255 g/mol. The van der Waals surface area contributed by atoms with Crippen molar-refractivity contribution in [1.29, 1.82) is 0 Å². The molecule has 2 heterocycles. The van der Waals surface area contributed by atoms with E-state index in [0.29, 0.717) is 6.54 Å². The lowest BCUT2D eigenvalue weighted by atomic mass is 10.0. The molecule has 1 saturated heterocycles. The minimum absolute atomic E-state index is 0.0608. The summed E-state index contributed by atoms with van der Waals surface area (Å²) < 4.78 is 0. The van der Waals surface area contributed by atoms with Gasteiger partial charge in [0.25, 0.3) is 0 Å². The number of likely N-dealkylation sites (tertiary alicyclic amines) is 1. The molecule has 0 bridgehead atoms. The van der Waals surface area contributed by atoms with Crippen LogP contribution in [0.1, 0.15) is 17.5 Å². The molecular weight excluding hydrogens is 238 g/mol. The van der Waals surface area contributed by atoms with Crippen LogP contribution in [0.15, 0.2) is 30.6 Å². The lowest BCUT2D eigenvalue weighted by Crippen LogP contribution is -2.33. The number of aryl methyl sites for hydroxylation is 1. The molecule has 3 rings (SSSR count). The van der Waals surface area contributed by atoms with E-state index in [1.807, 2.05) is 17.2 Å². The Morgan fingerprint density at radius 3 is 3.00 bits per heavy atom. The number of amides is 1. The molecule has 1 amide bonds. The van der Waals surface area contributed by atoms with E-state index in [4.69, 9.17) is 5.73 Å². The summed E-state index contributed by atoms with van der Waals surface area (Å²) in [4.78, 5) is 17.9. The fourth-order valence-electron chi connectivity index (χ4n) is 2.59. The van der Waals surface area contributed by atoms with Crippen LogP contribution >= 0.6 is 0 Å². The van der Waals surface area contributed by atoms with Crippen LogP contribution in [0, 0.1) is 6.92 Å². The third kappa shape index (κ3) is 2.19. The van der Waals surface area contributed by atoms with Crippen molar-refractivity contribution in [3.8, 4) is 0 Å². The van der Waals surface area contributed by atoms with Crippen molar-refractivity contribution in [2.45, 2.75) is 25.9 Å². The van der Waals surface area contributed by atoms with Gasteiger partial charge in [-0.3, -0.25) is 9.78 Å². The molecule has 1 fully saturated rings. The van der Waals surface area contributed by atoms with Crippen LogP contribution in [0.3, 0.4) is 0 Å². The third-order valence-corrected chi connectivity index (χ3v) is 3.80. The summed E-state index contributed by atoms with van der Waals surface area (Å²) >= 11 is 0. The van der Waals surface area contributed by atoms with Crippen molar-refractivity contribution in [2.24, 2.45) is 5.73 Å². The largest absolute Gasteiger partial charge is 0.337 e. The maximum atomic E-state index is 11.9. The Kier molecular flexibility index (Phi) is 2.95. The Morgan fingerprint density at radius 2 is 2.26 bits per heavy atom. The molecule has 1 aliphatic heterocycles. The fraction of sp³-hybridized carbons (Fsp3) is 0.333. The summed E-state index contributed by atoms with van der Waals surface area (Å²) in [6, 6.07) is 5.95. The van der Waals surface area contributed by atoms with E-state index in [1.54, 1.807) is 6.20 Å². The van der Waals surface area contributed by atoms with Crippen LogP contribution in [0.5, 0.6) is 0 Å². The first kappa shape index (κ1) is 12.1. The number of pyridine rings is 1. The first-order valence-electron chi connectivity index (χ1n) is 6.53. The van der Waals surface area contributed by atoms with Crippen molar-refractivity contribution < 1.29 is 4.79 Å². The van der Waals surface area contributed by atoms with Gasteiger partial charge in [0.2, 0.25) is 5.91 Å². The van der Waals surface area contributed by atoms with Gasteiger partial charge in [0, 0.05) is 30.9 Å². The topological polar surface area (TPSA) is 59.2 Å². The second kappa shape index (κ2) is 4.63. The van der Waals surface area contributed by atoms with Crippen molar-refractivity contribution in [3.05, 3.63) is 41.7 Å². The molecule has 1 atom stereocenters. The second-order valence-electron chi connectivity index (χ2n) is 5.16. The van der Waals surface area contributed by atoms with E-state index in [9.17, 15) is 4.79 Å². The number of benzene rings is 1. The lowest BCUT2D eigenvalue weighted by molar-refractivity contribution is -0.129. The van der Waals surface area contributed by atoms with Gasteiger partial charge in [-0.05, 0) is 42.0 Å². The molecule has 4 heteroatoms. The minimum Gasteiger partial charge on any atom is -0.337 e. The van der Waals surface area contributed by atoms with E-state index < -0.39 is 0 Å². The van der Waals surface area contributed by atoms with Crippen LogP contribution in [-0.4, -0.2) is 28.4 Å². The quantitative estimate of drug-likeness (QED) is 0.886. The molecule has 0 unspecified atom stereocenters. The van der Waals surface area contributed by atoms with Crippen LogP contribution in [0.25, 0.3) is 10.8 Å². The van der Waals surface area contributed by atoms with Gasteiger partial charge in [-0.25, -0.2) is 0 Å². The normalized spacial score (nSPS) is 19.4. The molecule has 19 heavy (non-hydrogen) atoms. The molecular formula is C15H17N3O. The summed E-state index contributed by atoms with van der Waals surface area (Å²) in [5, 5.41) is 2.29. The Labute approximate surface area is 112 Å². The summed E-state index contributed by atoms with van der Waals surface area (Å²) in [5.74, 6) is 0.0608. The summed E-state index contributed by atoms with van der Waals surface area (Å²) in [5.41, 5.74) is 8.12. The lowest BCUT2D eigenvalue weighted by Gasteiger charge is -2.18. The smallest absolute Gasteiger partial charge is 0.239 e. The zero-order valence-electron chi connectivity index (χ0n) is 11.0. The van der Waals surface area contributed by atoms with Crippen LogP contribution in [0.4, 0.5) is 0 Å². The molecule has 98 valence electrons. The standard InChI is InChI=1S/C15H17N3O/c1-10-6-11-2-4-17-8-12(11)7-13(10)9-18-5-3-14(16)15(18)19/h2,4,6-8,14H,3,5,9,16H2,1H3/t14-/m0/s1. The van der Waals surface area contributed by atoms with Crippen molar-refractivity contribution in [3.63, 3.8) is 0 Å². The van der Waals surface area contributed by atoms with Crippen LogP contribution in [-0.2, 0) is 11.3 Å². The Bertz CT molecular complexity index is 638. The molecule has 2 aromatic rings. The first-order valence-corrected chi connectivity index (χ1v) is 6.53. The Hall–Kier alpha value is -1.94. The van der Waals surface area contributed by atoms with Crippen molar-refractivity contribution >= 4 is 16.7 Å². The number of fused-ring (bicyclic) bond motifs is 1. The van der Waals surface area contributed by atoms with Gasteiger partial charge in [0.15, 0.2) is 0 Å². The predicted molar refractivity (Wildman–Crippen MR) is 74.5 cm³/mol. The van der Waals surface area contributed by atoms with Gasteiger partial charge >= 0.3 is 0 Å². The molecule has 0 saturated carbocycles. The van der Waals surface area contributed by atoms with E-state index in [1.165, 1.54) is 16.5 Å². The SMILES string of the molecule is Cc1cc2ccncc2cc1CN1CC[C@H](N)C1=O. The third-order valence-electron chi connectivity index (χ3n) is 3.80. The van der Waals surface area contributed by atoms with Gasteiger partial charge in [-0.1, -0.05) is 6.07 Å². The second-order valence-corrected chi connectivity index (χ2v) is 5.16. The summed E-state index contributed by atoms with van der Waals surface area (Å²) in [7, 11) is 0. The highest BCUT2D eigenvalue weighted by molar-refractivity contribution is 5.85. The molecule has 2 N–H and O–H groups in total. The highest BCUT2D eigenvalue weighted by Crippen LogP contribution is 2.22. The highest BCUT2D eigenvalue weighted by Gasteiger charge is 2.28. The number of rotatable bonds is 2. The number of hydrogen-bond acceptors (Lipinski definition) is 3. The van der Waals surface area contributed by atoms with E-state index >= 15 is 0 Å². The molecule has 1 aliphatic rings. The number of carbonyl (C=O) groups excluding carboxylic acids is 1. The predicted octanol–water partition coefficient (Wildman–Crippen LogP) is 1.60. The van der Waals surface area contributed by atoms with Crippen LogP contribution < -0.4 is 5.73 Å². The Balaban J connectivity index is 1.92. The highest BCUT2D eigenvalue weighted by atomic mass is 16.2. The monoisotopic (exact) mass is 255 g/mol. The summed E-state index contributed by atoms with van der Waals surface area (Å²) in [6.07, 6.45) is 4.41. The molecule has 0 spiro atoms. The number of hydrogen-bond donors (Lipinski definition) is 1. The minimum atomic E-state index is -0.317. The van der Waals surface area contributed by atoms with E-state index in [-0.39, 0.29) is 11.9 Å². The molecule has 1 aromatic carbocycles. The zero-order chi connectivity index (χ0) is 13.4. The van der Waals surface area contributed by atoms with Crippen LogP contribution in [0.2, 0.25) is 0 Å². The maximum Gasteiger partial charge on any atom is 0.239 e. The molecule has 0 radical (unpaired) electrons. The molecule has 0 aliphatic carbocycles.